The number of hydrogen-bond acceptors (Lipinski definition) is 2. The van der Waals surface area contributed by atoms with Crippen LogP contribution in [0.1, 0.15) is 10.5 Å². The third-order valence-corrected chi connectivity index (χ3v) is 4.56. The fourth-order valence-electron chi connectivity index (χ4n) is 3.42. The molecule has 2 aromatic carbocycles. The lowest BCUT2D eigenvalue weighted by Crippen LogP contribution is -2.01. The molecular formula is C20H13N3O2. The average Bonchev–Trinajstić information content (AvgIpc) is 3.22. The van der Waals surface area contributed by atoms with Crippen LogP contribution in [-0.2, 0) is 0 Å². The van der Waals surface area contributed by atoms with E-state index in [1.807, 2.05) is 54.7 Å². The summed E-state index contributed by atoms with van der Waals surface area (Å²) in [4.78, 5) is 22.7. The van der Waals surface area contributed by atoms with Gasteiger partial charge in [0.2, 0.25) is 0 Å². The Kier molecular flexibility index (Phi) is 2.73. The summed E-state index contributed by atoms with van der Waals surface area (Å²) in [5.74, 6) is -1.03. The van der Waals surface area contributed by atoms with E-state index in [-0.39, 0.29) is 5.69 Å². The summed E-state index contributed by atoms with van der Waals surface area (Å²) in [7, 11) is 0. The molecule has 120 valence electrons. The number of aromatic amines is 2. The second kappa shape index (κ2) is 4.95. The van der Waals surface area contributed by atoms with Crippen molar-refractivity contribution in [3.63, 3.8) is 0 Å². The molecular weight excluding hydrogens is 314 g/mol. The summed E-state index contributed by atoms with van der Waals surface area (Å²) in [5.41, 5.74) is 4.36. The first-order valence-corrected chi connectivity index (χ1v) is 7.93. The molecule has 0 aliphatic heterocycles. The third-order valence-electron chi connectivity index (χ3n) is 4.56. The molecule has 3 heterocycles. The molecule has 5 aromatic rings. The molecule has 3 aromatic heterocycles. The predicted molar refractivity (Wildman–Crippen MR) is 97.9 cm³/mol. The van der Waals surface area contributed by atoms with Crippen molar-refractivity contribution in [3.05, 3.63) is 66.5 Å². The zero-order chi connectivity index (χ0) is 17.0. The minimum atomic E-state index is -1.03. The van der Waals surface area contributed by atoms with Gasteiger partial charge < -0.3 is 15.1 Å². The lowest BCUT2D eigenvalue weighted by atomic mass is 10.1. The molecule has 25 heavy (non-hydrogen) atoms. The number of benzene rings is 2. The Labute approximate surface area is 141 Å². The third kappa shape index (κ3) is 1.96. The molecule has 0 unspecified atom stereocenters. The molecule has 0 fully saturated rings. The van der Waals surface area contributed by atoms with Gasteiger partial charge in [-0.1, -0.05) is 36.4 Å². The first-order valence-electron chi connectivity index (χ1n) is 7.93. The van der Waals surface area contributed by atoms with E-state index >= 15 is 0 Å². The number of nitrogens with one attached hydrogen (secondary N) is 2. The van der Waals surface area contributed by atoms with Gasteiger partial charge in [0.05, 0.1) is 11.2 Å². The van der Waals surface area contributed by atoms with Crippen LogP contribution >= 0.6 is 0 Å². The second-order valence-electron chi connectivity index (χ2n) is 6.00. The number of carboxylic acids is 1. The van der Waals surface area contributed by atoms with Gasteiger partial charge >= 0.3 is 5.97 Å². The summed E-state index contributed by atoms with van der Waals surface area (Å²) in [6, 6.07) is 17.4. The molecule has 5 rings (SSSR count). The maximum Gasteiger partial charge on any atom is 0.354 e. The van der Waals surface area contributed by atoms with Crippen molar-refractivity contribution in [3.8, 4) is 11.3 Å². The highest BCUT2D eigenvalue weighted by Gasteiger charge is 2.18. The Morgan fingerprint density at radius 2 is 1.64 bits per heavy atom. The van der Waals surface area contributed by atoms with Crippen LogP contribution in [0.15, 0.2) is 60.8 Å². The minimum absolute atomic E-state index is 0.0394. The highest BCUT2D eigenvalue weighted by molar-refractivity contribution is 6.14. The van der Waals surface area contributed by atoms with Crippen molar-refractivity contribution in [2.24, 2.45) is 0 Å². The zero-order valence-electron chi connectivity index (χ0n) is 13.1. The minimum Gasteiger partial charge on any atom is -0.477 e. The van der Waals surface area contributed by atoms with Crippen LogP contribution in [0.25, 0.3) is 44.0 Å². The van der Waals surface area contributed by atoms with Gasteiger partial charge in [-0.15, -0.1) is 0 Å². The summed E-state index contributed by atoms with van der Waals surface area (Å²) < 4.78 is 0. The van der Waals surface area contributed by atoms with Crippen molar-refractivity contribution in [1.82, 2.24) is 15.0 Å². The Morgan fingerprint density at radius 3 is 2.44 bits per heavy atom. The van der Waals surface area contributed by atoms with Crippen molar-refractivity contribution in [1.29, 1.82) is 0 Å². The number of nitrogens with zero attached hydrogens (tertiary/aromatic N) is 1. The van der Waals surface area contributed by atoms with Gasteiger partial charge in [-0.05, 0) is 18.2 Å². The number of carbonyl (C=O) groups is 1. The quantitative estimate of drug-likeness (QED) is 0.444. The molecule has 0 aliphatic rings. The van der Waals surface area contributed by atoms with Gasteiger partial charge in [0, 0.05) is 39.0 Å². The zero-order valence-corrected chi connectivity index (χ0v) is 13.1. The van der Waals surface area contributed by atoms with E-state index in [1.165, 1.54) is 0 Å². The van der Waals surface area contributed by atoms with E-state index in [9.17, 15) is 9.90 Å². The number of hydrogen-bond donors (Lipinski definition) is 3. The maximum atomic E-state index is 11.6. The number of rotatable bonds is 2. The predicted octanol–water partition coefficient (Wildman–Crippen LogP) is 4.56. The van der Waals surface area contributed by atoms with Gasteiger partial charge in [0.1, 0.15) is 5.69 Å². The van der Waals surface area contributed by atoms with E-state index in [0.29, 0.717) is 5.69 Å². The lowest BCUT2D eigenvalue weighted by Gasteiger charge is -2.04. The number of fused-ring (bicyclic) bond motifs is 4. The van der Waals surface area contributed by atoms with Gasteiger partial charge in [0.15, 0.2) is 0 Å². The Bertz CT molecular complexity index is 1280. The van der Waals surface area contributed by atoms with E-state index in [2.05, 4.69) is 15.0 Å². The molecule has 0 atom stereocenters. The number of carboxylic acid groups (broad SMARTS) is 1. The number of pyridine rings is 1. The number of para-hydroxylation sites is 2. The Hall–Kier alpha value is -3.60. The van der Waals surface area contributed by atoms with E-state index in [4.69, 9.17) is 0 Å². The second-order valence-corrected chi connectivity index (χ2v) is 6.00. The lowest BCUT2D eigenvalue weighted by molar-refractivity contribution is 0.0691. The highest BCUT2D eigenvalue weighted by Crippen LogP contribution is 2.35. The van der Waals surface area contributed by atoms with Crippen LogP contribution in [0.4, 0.5) is 0 Å². The van der Waals surface area contributed by atoms with Crippen LogP contribution in [-0.4, -0.2) is 26.0 Å². The monoisotopic (exact) mass is 327 g/mol. The van der Waals surface area contributed by atoms with Crippen molar-refractivity contribution < 1.29 is 9.90 Å². The van der Waals surface area contributed by atoms with Crippen molar-refractivity contribution in [2.75, 3.05) is 0 Å². The van der Waals surface area contributed by atoms with Crippen LogP contribution in [0.3, 0.4) is 0 Å². The molecule has 0 saturated carbocycles. The van der Waals surface area contributed by atoms with E-state index in [1.54, 1.807) is 6.07 Å². The van der Waals surface area contributed by atoms with Gasteiger partial charge in [-0.3, -0.25) is 0 Å². The first-order chi connectivity index (χ1) is 12.2. The summed E-state index contributed by atoms with van der Waals surface area (Å²) in [6.07, 6.45) is 1.88. The molecule has 5 heteroatoms. The van der Waals surface area contributed by atoms with Gasteiger partial charge in [0.25, 0.3) is 0 Å². The van der Waals surface area contributed by atoms with Gasteiger partial charge in [-0.25, -0.2) is 9.78 Å². The first kappa shape index (κ1) is 13.8. The number of aromatic nitrogens is 3. The van der Waals surface area contributed by atoms with Crippen LogP contribution in [0, 0.1) is 0 Å². The number of H-pyrrole nitrogens is 2. The van der Waals surface area contributed by atoms with Crippen molar-refractivity contribution >= 4 is 38.7 Å². The summed E-state index contributed by atoms with van der Waals surface area (Å²) in [5, 5.41) is 12.4. The average molecular weight is 327 g/mol. The maximum absolute atomic E-state index is 11.6. The van der Waals surface area contributed by atoms with Gasteiger partial charge in [-0.2, -0.15) is 0 Å². The molecule has 0 spiro atoms. The topological polar surface area (TPSA) is 81.8 Å². The van der Waals surface area contributed by atoms with Crippen molar-refractivity contribution in [2.45, 2.75) is 0 Å². The molecule has 0 aliphatic carbocycles. The fraction of sp³-hybridized carbons (Fsp3) is 0. The highest BCUT2D eigenvalue weighted by atomic mass is 16.4. The van der Waals surface area contributed by atoms with Crippen LogP contribution in [0.5, 0.6) is 0 Å². The SMILES string of the molecule is O=C(O)c1cc2c([nH]c3ccccc32)c(-c2c[nH]c3ccccc23)n1. The van der Waals surface area contributed by atoms with Crippen LogP contribution in [0.2, 0.25) is 0 Å². The largest absolute Gasteiger partial charge is 0.477 e. The Morgan fingerprint density at radius 1 is 0.920 bits per heavy atom. The fourth-order valence-corrected chi connectivity index (χ4v) is 3.42. The molecule has 0 amide bonds. The molecule has 3 N–H and O–H groups in total. The molecule has 0 bridgehead atoms. The van der Waals surface area contributed by atoms with E-state index in [0.717, 1.165) is 38.3 Å². The van der Waals surface area contributed by atoms with E-state index < -0.39 is 5.97 Å². The molecule has 5 nitrogen and oxygen atoms in total. The Balaban J connectivity index is 1.95. The van der Waals surface area contributed by atoms with Crippen LogP contribution < -0.4 is 0 Å². The molecule has 0 saturated heterocycles. The summed E-state index contributed by atoms with van der Waals surface area (Å²) >= 11 is 0. The smallest absolute Gasteiger partial charge is 0.354 e. The summed E-state index contributed by atoms with van der Waals surface area (Å²) in [6.45, 7) is 0. The number of aromatic carboxylic acids is 1. The normalized spacial score (nSPS) is 11.5. The molecule has 0 radical (unpaired) electrons. The standard InChI is InChI=1S/C20H13N3O2/c24-20(25)17-9-13-11-5-2-4-8-16(11)22-18(13)19(23-17)14-10-21-15-7-3-1-6-12(14)15/h1-10,21-22H,(H,24,25).